The Labute approximate surface area is 60.3 Å². The highest BCUT2D eigenvalue weighted by Crippen LogP contribution is 1.77. The second-order valence-corrected chi connectivity index (χ2v) is 3.30. The zero-order valence-electron chi connectivity index (χ0n) is 6.48. The molecule has 0 fully saturated rings. The molecule has 0 nitrogen and oxygen atoms in total. The molecule has 0 amide bonds. The van der Waals surface area contributed by atoms with Crippen LogP contribution in [-0.2, 0) is 0 Å². The van der Waals surface area contributed by atoms with Crippen LogP contribution in [0.5, 0.6) is 0 Å². The van der Waals surface area contributed by atoms with E-state index in [4.69, 9.17) is 0 Å². The van der Waals surface area contributed by atoms with E-state index in [1.165, 1.54) is 25.7 Å². The Morgan fingerprint density at radius 1 is 1.00 bits per heavy atom. The number of unbranched alkanes of at least 4 members (excludes halogenated alkanes) is 2. The van der Waals surface area contributed by atoms with E-state index in [-0.39, 0.29) is 0 Å². The van der Waals surface area contributed by atoms with E-state index in [0.717, 1.165) is 8.74 Å². The largest absolute Gasteiger partial charge is 0.0700 e. The van der Waals surface area contributed by atoms with Crippen molar-refractivity contribution in [3.63, 3.8) is 0 Å². The van der Waals surface area contributed by atoms with Gasteiger partial charge in [0.15, 0.2) is 0 Å². The van der Waals surface area contributed by atoms with E-state index in [0.29, 0.717) is 0 Å². The quantitative estimate of drug-likeness (QED) is 0.523. The fourth-order valence-corrected chi connectivity index (χ4v) is 1.62. The Kier molecular flexibility index (Phi) is 7.92. The van der Waals surface area contributed by atoms with Crippen molar-refractivity contribution >= 4 is 20.1 Å². The van der Waals surface area contributed by atoms with Gasteiger partial charge in [-0.05, 0) is 21.6 Å². The Morgan fingerprint density at radius 3 is 1.78 bits per heavy atom. The summed E-state index contributed by atoms with van der Waals surface area (Å²) in [6.07, 6.45) is 5.18. The molecule has 0 aliphatic rings. The molecule has 0 aromatic heterocycles. The first-order valence-corrected chi connectivity index (χ1v) is 4.96. The van der Waals surface area contributed by atoms with Crippen molar-refractivity contribution in [1.82, 2.24) is 0 Å². The normalized spacial score (nSPS) is 8.22. The first-order chi connectivity index (χ1) is 4.41. The highest BCUT2D eigenvalue weighted by molar-refractivity contribution is 6.54. The van der Waals surface area contributed by atoms with E-state index >= 15 is 0 Å². The summed E-state index contributed by atoms with van der Waals surface area (Å²) in [6.45, 7) is 4.45. The fourth-order valence-electron chi connectivity index (χ4n) is 0.539. The van der Waals surface area contributed by atoms with Crippen LogP contribution in [0.2, 0.25) is 0 Å². The van der Waals surface area contributed by atoms with E-state index in [2.05, 4.69) is 25.2 Å². The van der Waals surface area contributed by atoms with Gasteiger partial charge in [-0.15, -0.1) is 0 Å². The van der Waals surface area contributed by atoms with Crippen molar-refractivity contribution in [3.8, 4) is 0 Å². The maximum atomic E-state index is 2.38. The predicted molar refractivity (Wildman–Crippen MR) is 47.7 cm³/mol. The van der Waals surface area contributed by atoms with Crippen LogP contribution >= 0.6 is 0 Å². The molecule has 0 aliphatic heterocycles. The minimum Gasteiger partial charge on any atom is -0.0700 e. The van der Waals surface area contributed by atoms with Gasteiger partial charge < -0.3 is 0 Å². The summed E-state index contributed by atoms with van der Waals surface area (Å²) in [5.74, 6) is 0. The topological polar surface area (TPSA) is 0 Å². The predicted octanol–water partition coefficient (Wildman–Crippen LogP) is 1.90. The maximum absolute atomic E-state index is 2.38. The summed E-state index contributed by atoms with van der Waals surface area (Å²) in [6, 6.07) is 0. The number of rotatable bonds is 4. The van der Waals surface area contributed by atoms with Gasteiger partial charge in [-0.2, -0.15) is 0 Å². The summed E-state index contributed by atoms with van der Waals surface area (Å²) in [5.41, 5.74) is 4.77. The maximum Gasteiger partial charge on any atom is -0.0332 e. The van der Waals surface area contributed by atoms with Gasteiger partial charge in [0.25, 0.3) is 0 Å². The summed E-state index contributed by atoms with van der Waals surface area (Å²) >= 11 is 0. The molecule has 0 unspecified atom stereocenters. The summed E-state index contributed by atoms with van der Waals surface area (Å²) in [4.78, 5) is 0. The average molecular weight is 140 g/mol. The fraction of sp³-hybridized carbons (Fsp3) is 0.750. The zero-order valence-corrected chi connectivity index (χ0v) is 7.48. The van der Waals surface area contributed by atoms with Gasteiger partial charge in [-0.25, -0.2) is 0 Å². The Morgan fingerprint density at radius 2 is 1.44 bits per heavy atom. The summed E-state index contributed by atoms with van der Waals surface area (Å²) in [7, 11) is 0.996. The second kappa shape index (κ2) is 7.96. The monoisotopic (exact) mass is 140 g/mol. The lowest BCUT2D eigenvalue weighted by molar-refractivity contribution is 1.02. The molecule has 1 heteroatoms. The van der Waals surface area contributed by atoms with Crippen molar-refractivity contribution in [2.45, 2.75) is 39.5 Å². The standard InChI is InChI=1S/C8H16Si/c1-3-5-7-9-8-6-4-2/h7-8H,3-6H2,1-2H3. The van der Waals surface area contributed by atoms with E-state index in [9.17, 15) is 0 Å². The lowest BCUT2D eigenvalue weighted by atomic mass is 10.4. The third-order valence-electron chi connectivity index (χ3n) is 1.10. The molecule has 0 bridgehead atoms. The van der Waals surface area contributed by atoms with Crippen molar-refractivity contribution in [3.05, 3.63) is 0 Å². The molecule has 52 valence electrons. The Balaban J connectivity index is 3.18. The van der Waals surface area contributed by atoms with Gasteiger partial charge in [0.1, 0.15) is 0 Å². The molecule has 9 heavy (non-hydrogen) atoms. The lowest BCUT2D eigenvalue weighted by Gasteiger charge is -1.78. The van der Waals surface area contributed by atoms with Gasteiger partial charge in [0.2, 0.25) is 0 Å². The van der Waals surface area contributed by atoms with E-state index in [1.54, 1.807) is 0 Å². The highest BCUT2D eigenvalue weighted by atomic mass is 28.1. The molecular weight excluding hydrogens is 124 g/mol. The number of hydrogen-bond acceptors (Lipinski definition) is 0. The highest BCUT2D eigenvalue weighted by Gasteiger charge is 1.69. The minimum atomic E-state index is 0.996. The first kappa shape index (κ1) is 8.96. The van der Waals surface area contributed by atoms with Gasteiger partial charge in [0, 0.05) is 0 Å². The third kappa shape index (κ3) is 7.96. The van der Waals surface area contributed by atoms with Crippen LogP contribution in [0.25, 0.3) is 0 Å². The Bertz CT molecular complexity index is 89.1. The molecule has 0 spiro atoms. The molecule has 0 atom stereocenters. The first-order valence-electron chi connectivity index (χ1n) is 3.81. The zero-order chi connectivity index (χ0) is 6.95. The molecule has 0 heterocycles. The van der Waals surface area contributed by atoms with Crippen LogP contribution < -0.4 is 0 Å². The van der Waals surface area contributed by atoms with Crippen LogP contribution in [0.1, 0.15) is 39.5 Å². The Hall–Kier alpha value is -0.0431. The molecule has 0 radical (unpaired) electrons. The second-order valence-electron chi connectivity index (χ2n) is 2.15. The SMILES string of the molecule is CCCC=[Si]=CCCC. The van der Waals surface area contributed by atoms with Crippen LogP contribution in [0.15, 0.2) is 0 Å². The lowest BCUT2D eigenvalue weighted by Crippen LogP contribution is -1.79. The molecule has 0 saturated heterocycles. The van der Waals surface area contributed by atoms with Crippen LogP contribution in [0, 0.1) is 0 Å². The minimum absolute atomic E-state index is 0.996. The van der Waals surface area contributed by atoms with E-state index < -0.39 is 0 Å². The molecule has 0 aromatic carbocycles. The van der Waals surface area contributed by atoms with Gasteiger partial charge >= 0.3 is 0 Å². The molecule has 0 aromatic rings. The third-order valence-corrected chi connectivity index (χ3v) is 2.15. The van der Waals surface area contributed by atoms with Crippen LogP contribution in [0.4, 0.5) is 0 Å². The molecule has 0 saturated carbocycles. The smallest absolute Gasteiger partial charge is 0.0332 e. The molecule has 0 N–H and O–H groups in total. The van der Waals surface area contributed by atoms with Gasteiger partial charge in [-0.1, -0.05) is 38.0 Å². The molecule has 0 rings (SSSR count). The van der Waals surface area contributed by atoms with Crippen molar-refractivity contribution in [2.75, 3.05) is 0 Å². The summed E-state index contributed by atoms with van der Waals surface area (Å²) < 4.78 is 0. The number of hydrogen-bond donors (Lipinski definition) is 0. The van der Waals surface area contributed by atoms with Crippen molar-refractivity contribution in [2.24, 2.45) is 0 Å². The van der Waals surface area contributed by atoms with Gasteiger partial charge in [0.05, 0.1) is 0 Å². The molecule has 0 aliphatic carbocycles. The average Bonchev–Trinajstić information content (AvgIpc) is 1.89. The molecular formula is C8H16Si. The summed E-state index contributed by atoms with van der Waals surface area (Å²) in [5, 5.41) is 0. The van der Waals surface area contributed by atoms with E-state index in [1.807, 2.05) is 0 Å². The van der Waals surface area contributed by atoms with Crippen molar-refractivity contribution in [1.29, 1.82) is 0 Å². The van der Waals surface area contributed by atoms with Crippen LogP contribution in [-0.4, -0.2) is 20.1 Å². The van der Waals surface area contributed by atoms with Crippen molar-refractivity contribution < 1.29 is 0 Å². The van der Waals surface area contributed by atoms with Crippen LogP contribution in [0.3, 0.4) is 0 Å². The van der Waals surface area contributed by atoms with Gasteiger partial charge in [-0.3, -0.25) is 0 Å².